The van der Waals surface area contributed by atoms with E-state index in [-0.39, 0.29) is 18.1 Å². The SMILES string of the molecule is C[C@H]1OCCN[C@@H]1C(=O)N1CCN(C2CC2)CC1. The van der Waals surface area contributed by atoms with Crippen molar-refractivity contribution in [3.63, 3.8) is 0 Å². The summed E-state index contributed by atoms with van der Waals surface area (Å²) in [5.41, 5.74) is 0. The third-order valence-corrected chi connectivity index (χ3v) is 4.27. The Kier molecular flexibility index (Phi) is 3.54. The van der Waals surface area contributed by atoms with Crippen LogP contribution in [0.3, 0.4) is 0 Å². The van der Waals surface area contributed by atoms with Crippen molar-refractivity contribution in [2.24, 2.45) is 0 Å². The molecule has 0 bridgehead atoms. The fourth-order valence-electron chi connectivity index (χ4n) is 2.95. The van der Waals surface area contributed by atoms with Crippen LogP contribution in [0.15, 0.2) is 0 Å². The number of nitrogens with one attached hydrogen (secondary N) is 1. The molecular weight excluding hydrogens is 230 g/mol. The van der Waals surface area contributed by atoms with Crippen LogP contribution in [0.5, 0.6) is 0 Å². The largest absolute Gasteiger partial charge is 0.375 e. The fourth-order valence-corrected chi connectivity index (χ4v) is 2.95. The lowest BCUT2D eigenvalue weighted by Crippen LogP contribution is -2.59. The highest BCUT2D eigenvalue weighted by Gasteiger charge is 2.36. The first-order valence-corrected chi connectivity index (χ1v) is 7.13. The number of hydrogen-bond donors (Lipinski definition) is 1. The van der Waals surface area contributed by atoms with Crippen LogP contribution in [0, 0.1) is 0 Å². The van der Waals surface area contributed by atoms with Gasteiger partial charge in [-0.05, 0) is 19.8 Å². The number of ether oxygens (including phenoxy) is 1. The molecule has 102 valence electrons. The maximum absolute atomic E-state index is 12.4. The highest BCUT2D eigenvalue weighted by atomic mass is 16.5. The van der Waals surface area contributed by atoms with Gasteiger partial charge in [-0.25, -0.2) is 0 Å². The van der Waals surface area contributed by atoms with Gasteiger partial charge in [-0.1, -0.05) is 0 Å². The average molecular weight is 253 g/mol. The minimum Gasteiger partial charge on any atom is -0.375 e. The molecule has 2 aliphatic heterocycles. The van der Waals surface area contributed by atoms with Crippen LogP contribution in [0.2, 0.25) is 0 Å². The predicted molar refractivity (Wildman–Crippen MR) is 68.4 cm³/mol. The van der Waals surface area contributed by atoms with E-state index in [9.17, 15) is 4.79 Å². The van der Waals surface area contributed by atoms with Crippen LogP contribution in [0.25, 0.3) is 0 Å². The Morgan fingerprint density at radius 1 is 1.22 bits per heavy atom. The van der Waals surface area contributed by atoms with Crippen molar-refractivity contribution in [2.45, 2.75) is 38.0 Å². The first-order valence-electron chi connectivity index (χ1n) is 7.13. The molecule has 3 aliphatic rings. The lowest BCUT2D eigenvalue weighted by Gasteiger charge is -2.38. The number of amides is 1. The Balaban J connectivity index is 1.53. The molecule has 2 saturated heterocycles. The van der Waals surface area contributed by atoms with Crippen LogP contribution in [-0.2, 0) is 9.53 Å². The van der Waals surface area contributed by atoms with Crippen molar-refractivity contribution >= 4 is 5.91 Å². The zero-order valence-electron chi connectivity index (χ0n) is 11.1. The van der Waals surface area contributed by atoms with E-state index in [2.05, 4.69) is 10.2 Å². The van der Waals surface area contributed by atoms with Crippen molar-refractivity contribution in [1.29, 1.82) is 0 Å². The van der Waals surface area contributed by atoms with Crippen molar-refractivity contribution in [3.8, 4) is 0 Å². The van der Waals surface area contributed by atoms with Crippen molar-refractivity contribution in [2.75, 3.05) is 39.3 Å². The second kappa shape index (κ2) is 5.15. The summed E-state index contributed by atoms with van der Waals surface area (Å²) in [5, 5.41) is 3.28. The van der Waals surface area contributed by atoms with Crippen LogP contribution in [0.1, 0.15) is 19.8 Å². The molecule has 1 N–H and O–H groups in total. The molecule has 1 aliphatic carbocycles. The number of carbonyl (C=O) groups is 1. The van der Waals surface area contributed by atoms with Crippen LogP contribution >= 0.6 is 0 Å². The number of morpholine rings is 1. The summed E-state index contributed by atoms with van der Waals surface area (Å²) < 4.78 is 5.55. The lowest BCUT2D eigenvalue weighted by atomic mass is 10.1. The summed E-state index contributed by atoms with van der Waals surface area (Å²) in [6.45, 7) is 7.30. The van der Waals surface area contributed by atoms with Crippen molar-refractivity contribution in [1.82, 2.24) is 15.1 Å². The highest BCUT2D eigenvalue weighted by Crippen LogP contribution is 2.27. The zero-order valence-corrected chi connectivity index (χ0v) is 11.1. The molecular formula is C13H23N3O2. The Morgan fingerprint density at radius 3 is 2.56 bits per heavy atom. The normalized spacial score (nSPS) is 34.6. The number of carbonyl (C=O) groups excluding carboxylic acids is 1. The van der Waals surface area contributed by atoms with Gasteiger partial charge < -0.3 is 15.0 Å². The minimum atomic E-state index is -0.147. The third kappa shape index (κ3) is 2.53. The molecule has 0 spiro atoms. The number of piperazine rings is 1. The quantitative estimate of drug-likeness (QED) is 0.732. The molecule has 5 heteroatoms. The van der Waals surface area contributed by atoms with E-state index < -0.39 is 0 Å². The average Bonchev–Trinajstić information content (AvgIpc) is 3.23. The fraction of sp³-hybridized carbons (Fsp3) is 0.923. The molecule has 0 aromatic rings. The maximum Gasteiger partial charge on any atom is 0.242 e. The molecule has 1 amide bonds. The highest BCUT2D eigenvalue weighted by molar-refractivity contribution is 5.82. The van der Waals surface area contributed by atoms with Crippen LogP contribution in [0.4, 0.5) is 0 Å². The second-order valence-electron chi connectivity index (χ2n) is 5.60. The molecule has 5 nitrogen and oxygen atoms in total. The second-order valence-corrected chi connectivity index (χ2v) is 5.60. The van der Waals surface area contributed by atoms with E-state index in [1.165, 1.54) is 12.8 Å². The first-order chi connectivity index (χ1) is 8.75. The summed E-state index contributed by atoms with van der Waals surface area (Å²) in [4.78, 5) is 16.9. The molecule has 18 heavy (non-hydrogen) atoms. The van der Waals surface area contributed by atoms with E-state index in [0.717, 1.165) is 38.8 Å². The molecule has 0 radical (unpaired) electrons. The number of hydrogen-bond acceptors (Lipinski definition) is 4. The van der Waals surface area contributed by atoms with Crippen molar-refractivity contribution < 1.29 is 9.53 Å². The molecule has 2 heterocycles. The molecule has 0 aromatic heterocycles. The van der Waals surface area contributed by atoms with Gasteiger partial charge in [-0.3, -0.25) is 9.69 Å². The minimum absolute atomic E-state index is 0.00675. The smallest absolute Gasteiger partial charge is 0.242 e. The van der Waals surface area contributed by atoms with Crippen molar-refractivity contribution in [3.05, 3.63) is 0 Å². The Bertz CT molecular complexity index is 311. The zero-order chi connectivity index (χ0) is 12.5. The van der Waals surface area contributed by atoms with E-state index in [1.807, 2.05) is 11.8 Å². The van der Waals surface area contributed by atoms with Gasteiger partial charge in [0, 0.05) is 38.8 Å². The summed E-state index contributed by atoms with van der Waals surface area (Å²) in [5.74, 6) is 0.220. The monoisotopic (exact) mass is 253 g/mol. The van der Waals surface area contributed by atoms with Gasteiger partial charge in [0.15, 0.2) is 0 Å². The van der Waals surface area contributed by atoms with Gasteiger partial charge in [0.1, 0.15) is 6.04 Å². The predicted octanol–water partition coefficient (Wildman–Crippen LogP) is -0.330. The number of rotatable bonds is 2. The summed E-state index contributed by atoms with van der Waals surface area (Å²) in [6, 6.07) is 0.670. The van der Waals surface area contributed by atoms with E-state index in [1.54, 1.807) is 0 Å². The Hall–Kier alpha value is -0.650. The van der Waals surface area contributed by atoms with Gasteiger partial charge in [0.05, 0.1) is 12.7 Å². The Morgan fingerprint density at radius 2 is 1.94 bits per heavy atom. The summed E-state index contributed by atoms with van der Waals surface area (Å²) in [7, 11) is 0. The van der Waals surface area contributed by atoms with Gasteiger partial charge in [0.25, 0.3) is 0 Å². The Labute approximate surface area is 108 Å². The van der Waals surface area contributed by atoms with Crippen LogP contribution < -0.4 is 5.32 Å². The van der Waals surface area contributed by atoms with Crippen LogP contribution in [-0.4, -0.2) is 73.2 Å². The third-order valence-electron chi connectivity index (χ3n) is 4.27. The summed E-state index contributed by atoms with van der Waals surface area (Å²) in [6.07, 6.45) is 2.69. The standard InChI is InChI=1S/C13H23N3O2/c1-10-12(14-4-9-18-10)13(17)16-7-5-15(6-8-16)11-2-3-11/h10-12,14H,2-9H2,1H3/t10-,12+/m1/s1. The summed E-state index contributed by atoms with van der Waals surface area (Å²) >= 11 is 0. The van der Waals surface area contributed by atoms with Gasteiger partial charge in [-0.2, -0.15) is 0 Å². The van der Waals surface area contributed by atoms with E-state index in [0.29, 0.717) is 6.61 Å². The molecule has 3 fully saturated rings. The van der Waals surface area contributed by atoms with E-state index >= 15 is 0 Å². The van der Waals surface area contributed by atoms with Gasteiger partial charge in [-0.15, -0.1) is 0 Å². The lowest BCUT2D eigenvalue weighted by molar-refractivity contribution is -0.141. The number of nitrogens with zero attached hydrogens (tertiary/aromatic N) is 2. The molecule has 1 saturated carbocycles. The maximum atomic E-state index is 12.4. The van der Waals surface area contributed by atoms with Gasteiger partial charge in [0.2, 0.25) is 5.91 Å². The molecule has 3 rings (SSSR count). The van der Waals surface area contributed by atoms with E-state index in [4.69, 9.17) is 4.74 Å². The molecule has 0 aromatic carbocycles. The topological polar surface area (TPSA) is 44.8 Å². The molecule has 2 atom stereocenters. The van der Waals surface area contributed by atoms with Gasteiger partial charge >= 0.3 is 0 Å². The molecule has 0 unspecified atom stereocenters. The first kappa shape index (κ1) is 12.4.